The molecule has 0 amide bonds. The molecule has 6 N–H and O–H groups in total. The van der Waals surface area contributed by atoms with E-state index in [4.69, 9.17) is 16.9 Å². The Bertz CT molecular complexity index is 884. The molecule has 9 heteroatoms. The third kappa shape index (κ3) is 4.49. The number of anilines is 2. The van der Waals surface area contributed by atoms with Crippen molar-refractivity contribution < 1.29 is 8.78 Å². The zero-order valence-electron chi connectivity index (χ0n) is 15.3. The highest BCUT2D eigenvalue weighted by molar-refractivity contribution is 5.89. The molecule has 0 aliphatic rings. The number of nitrogens with two attached hydrogens (primary N) is 2. The molecule has 0 saturated heterocycles. The number of nitrogen functional groups attached to an aromatic ring is 1. The largest absolute Gasteiger partial charge is 0.399 e. The van der Waals surface area contributed by atoms with Crippen LogP contribution in [0.3, 0.4) is 0 Å². The Hall–Kier alpha value is -3.23. The normalized spacial score (nSPS) is 12.7. The molecule has 2 heterocycles. The van der Waals surface area contributed by atoms with Crippen molar-refractivity contribution in [1.82, 2.24) is 14.8 Å². The van der Waals surface area contributed by atoms with Crippen LogP contribution in [-0.4, -0.2) is 27.2 Å². The first-order chi connectivity index (χ1) is 12.8. The molecule has 2 aromatic heterocycles. The van der Waals surface area contributed by atoms with Crippen LogP contribution in [0.15, 0.2) is 24.9 Å². The van der Waals surface area contributed by atoms with E-state index in [1.54, 1.807) is 0 Å². The van der Waals surface area contributed by atoms with Gasteiger partial charge in [-0.25, -0.2) is 13.8 Å². The lowest BCUT2D eigenvalue weighted by Crippen LogP contribution is -2.13. The minimum Gasteiger partial charge on any atom is -0.399 e. The van der Waals surface area contributed by atoms with Crippen LogP contribution < -0.4 is 16.8 Å². The van der Waals surface area contributed by atoms with E-state index in [0.717, 1.165) is 12.3 Å². The Morgan fingerprint density at radius 1 is 1.48 bits per heavy atom. The fraction of sp³-hybridized carbons (Fsp3) is 0.278. The highest BCUT2D eigenvalue weighted by Gasteiger charge is 2.18. The Morgan fingerprint density at radius 3 is 2.74 bits per heavy atom. The van der Waals surface area contributed by atoms with Gasteiger partial charge in [0, 0.05) is 28.7 Å². The second-order valence-corrected chi connectivity index (χ2v) is 5.98. The molecule has 7 nitrogen and oxygen atoms in total. The maximum atomic E-state index is 13.8. The van der Waals surface area contributed by atoms with E-state index in [1.807, 2.05) is 13.0 Å². The van der Waals surface area contributed by atoms with Crippen molar-refractivity contribution >= 4 is 29.2 Å². The summed E-state index contributed by atoms with van der Waals surface area (Å²) < 4.78 is 28.6. The molecule has 0 aliphatic carbocycles. The number of nitrogens with one attached hydrogen (secondary N) is 2. The summed E-state index contributed by atoms with van der Waals surface area (Å²) in [6, 6.07) is 1.16. The van der Waals surface area contributed by atoms with Gasteiger partial charge in [0.25, 0.3) is 0 Å². The lowest BCUT2D eigenvalue weighted by molar-refractivity contribution is 0.309. The fourth-order valence-electron chi connectivity index (χ4n) is 2.54. The minimum absolute atomic E-state index is 0.0245. The molecule has 1 unspecified atom stereocenters. The average molecular weight is 375 g/mol. The van der Waals surface area contributed by atoms with Crippen LogP contribution in [0.25, 0.3) is 11.4 Å². The smallest absolute Gasteiger partial charge is 0.166 e. The molecule has 27 heavy (non-hydrogen) atoms. The van der Waals surface area contributed by atoms with E-state index in [9.17, 15) is 8.78 Å². The van der Waals surface area contributed by atoms with E-state index >= 15 is 0 Å². The first-order valence-corrected chi connectivity index (χ1v) is 8.37. The SMILES string of the molecule is C=C(N)c1cc(F)c(N)nc1N/C(=C/CC)c1cnn(CC(C)F)c1C=N. The van der Waals surface area contributed by atoms with Gasteiger partial charge in [0.15, 0.2) is 11.6 Å². The molecule has 0 aliphatic heterocycles. The first kappa shape index (κ1) is 20.1. The maximum Gasteiger partial charge on any atom is 0.166 e. The predicted octanol–water partition coefficient (Wildman–Crippen LogP) is 3.15. The van der Waals surface area contributed by atoms with Crippen LogP contribution in [0.2, 0.25) is 0 Å². The summed E-state index contributed by atoms with van der Waals surface area (Å²) in [6.45, 7) is 7.00. The molecular weight excluding hydrogens is 352 g/mol. The lowest BCUT2D eigenvalue weighted by atomic mass is 10.1. The maximum absolute atomic E-state index is 13.8. The number of halogens is 2. The van der Waals surface area contributed by atoms with Gasteiger partial charge < -0.3 is 22.2 Å². The van der Waals surface area contributed by atoms with Crippen molar-refractivity contribution in [3.63, 3.8) is 0 Å². The van der Waals surface area contributed by atoms with Crippen LogP contribution in [0, 0.1) is 11.2 Å². The van der Waals surface area contributed by atoms with Gasteiger partial charge in [-0.2, -0.15) is 5.10 Å². The summed E-state index contributed by atoms with van der Waals surface area (Å²) in [5.74, 6) is -0.760. The quantitative estimate of drug-likeness (QED) is 0.529. The average Bonchev–Trinajstić information content (AvgIpc) is 2.98. The van der Waals surface area contributed by atoms with Crippen LogP contribution in [-0.2, 0) is 6.54 Å². The zero-order valence-corrected chi connectivity index (χ0v) is 15.3. The van der Waals surface area contributed by atoms with E-state index in [-0.39, 0.29) is 29.4 Å². The number of nitrogens with zero attached hydrogens (tertiary/aromatic N) is 3. The van der Waals surface area contributed by atoms with Crippen molar-refractivity contribution in [3.8, 4) is 0 Å². The van der Waals surface area contributed by atoms with Crippen LogP contribution in [0.5, 0.6) is 0 Å². The van der Waals surface area contributed by atoms with Gasteiger partial charge in [0.1, 0.15) is 12.0 Å². The van der Waals surface area contributed by atoms with Gasteiger partial charge in [-0.15, -0.1) is 0 Å². The molecule has 2 rings (SSSR count). The molecule has 144 valence electrons. The topological polar surface area (TPSA) is 119 Å². The molecule has 0 bridgehead atoms. The molecular formula is C18H23F2N7. The van der Waals surface area contributed by atoms with E-state index in [1.165, 1.54) is 17.8 Å². The van der Waals surface area contributed by atoms with E-state index in [0.29, 0.717) is 23.4 Å². The standard InChI is InChI=1S/C18H23F2N7/c1-4-5-15(13-8-24-27(9-10(2)19)16(13)7-21)25-18-12(11(3)22)6-14(20)17(23)26-18/h5-8,10,21H,3-4,9,22H2,1-2H3,(H3,23,25,26)/b15-5+,21-7?. The van der Waals surface area contributed by atoms with Gasteiger partial charge in [-0.05, 0) is 19.4 Å². The summed E-state index contributed by atoms with van der Waals surface area (Å²) >= 11 is 0. The highest BCUT2D eigenvalue weighted by Crippen LogP contribution is 2.27. The summed E-state index contributed by atoms with van der Waals surface area (Å²) in [5.41, 5.74) is 13.3. The molecule has 0 spiro atoms. The van der Waals surface area contributed by atoms with Crippen LogP contribution >= 0.6 is 0 Å². The highest BCUT2D eigenvalue weighted by atomic mass is 19.1. The number of hydrogen-bond acceptors (Lipinski definition) is 6. The molecule has 1 atom stereocenters. The fourth-order valence-corrected chi connectivity index (χ4v) is 2.54. The lowest BCUT2D eigenvalue weighted by Gasteiger charge is -2.15. The summed E-state index contributed by atoms with van der Waals surface area (Å²) in [5, 5.41) is 14.9. The van der Waals surface area contributed by atoms with Crippen molar-refractivity contribution in [3.05, 3.63) is 47.6 Å². The molecule has 0 fully saturated rings. The first-order valence-electron chi connectivity index (χ1n) is 8.37. The number of hydrogen-bond donors (Lipinski definition) is 4. The zero-order chi connectivity index (χ0) is 20.1. The number of allylic oxidation sites excluding steroid dienone is 1. The van der Waals surface area contributed by atoms with Crippen molar-refractivity contribution in [2.24, 2.45) is 5.73 Å². The van der Waals surface area contributed by atoms with Gasteiger partial charge in [-0.3, -0.25) is 4.68 Å². The van der Waals surface area contributed by atoms with Gasteiger partial charge in [0.2, 0.25) is 0 Å². The summed E-state index contributed by atoms with van der Waals surface area (Å²) in [7, 11) is 0. The molecule has 0 saturated carbocycles. The van der Waals surface area contributed by atoms with E-state index < -0.39 is 12.0 Å². The van der Waals surface area contributed by atoms with Crippen molar-refractivity contribution in [2.45, 2.75) is 33.0 Å². The van der Waals surface area contributed by atoms with Crippen LogP contribution in [0.4, 0.5) is 20.4 Å². The van der Waals surface area contributed by atoms with Crippen LogP contribution in [0.1, 0.15) is 37.1 Å². The Kier molecular flexibility index (Phi) is 6.27. The van der Waals surface area contributed by atoms with E-state index in [2.05, 4.69) is 22.0 Å². The second kappa shape index (κ2) is 8.43. The Balaban J connectivity index is 2.51. The molecule has 0 aromatic carbocycles. The molecule has 2 aromatic rings. The third-order valence-corrected chi connectivity index (χ3v) is 3.74. The Labute approximate surface area is 156 Å². The summed E-state index contributed by atoms with van der Waals surface area (Å²) in [6.07, 6.45) is 4.01. The number of pyridine rings is 1. The number of aromatic nitrogens is 3. The van der Waals surface area contributed by atoms with Gasteiger partial charge in [0.05, 0.1) is 18.4 Å². The minimum atomic E-state index is -1.12. The van der Waals surface area contributed by atoms with Crippen molar-refractivity contribution in [2.75, 3.05) is 11.1 Å². The third-order valence-electron chi connectivity index (χ3n) is 3.74. The second-order valence-electron chi connectivity index (χ2n) is 5.98. The van der Waals surface area contributed by atoms with Gasteiger partial charge in [-0.1, -0.05) is 19.6 Å². The number of rotatable bonds is 8. The Morgan fingerprint density at radius 2 is 2.19 bits per heavy atom. The number of alkyl halides is 1. The van der Waals surface area contributed by atoms with Crippen molar-refractivity contribution in [1.29, 1.82) is 5.41 Å². The summed E-state index contributed by atoms with van der Waals surface area (Å²) in [4.78, 5) is 4.02. The van der Waals surface area contributed by atoms with Gasteiger partial charge >= 0.3 is 0 Å². The monoisotopic (exact) mass is 375 g/mol. The predicted molar refractivity (Wildman–Crippen MR) is 104 cm³/mol. The molecule has 0 radical (unpaired) electrons.